The minimum atomic E-state index is -1.46. The van der Waals surface area contributed by atoms with E-state index in [4.69, 9.17) is 24.3 Å². The van der Waals surface area contributed by atoms with Crippen molar-refractivity contribution in [2.75, 3.05) is 33.5 Å². The number of ether oxygens (including phenoxy) is 3. The molecule has 206 valence electrons. The number of aliphatic imine (C=N–C) groups is 1. The van der Waals surface area contributed by atoms with Crippen molar-refractivity contribution in [2.24, 2.45) is 4.99 Å². The summed E-state index contributed by atoms with van der Waals surface area (Å²) in [6.07, 6.45) is -0.0994. The number of hydrogen-bond donors (Lipinski definition) is 4. The number of amides is 1. The fourth-order valence-electron chi connectivity index (χ4n) is 4.45. The summed E-state index contributed by atoms with van der Waals surface area (Å²) in [7, 11) is 1.57. The van der Waals surface area contributed by atoms with Crippen molar-refractivity contribution in [3.05, 3.63) is 95.6 Å². The topological polar surface area (TPSA) is 130 Å². The fraction of sp³-hybridized carbons (Fsp3) is 0.333. The summed E-state index contributed by atoms with van der Waals surface area (Å²) in [6.45, 7) is -0.416. The maximum absolute atomic E-state index is 14.0. The van der Waals surface area contributed by atoms with Crippen molar-refractivity contribution >= 4 is 11.8 Å². The van der Waals surface area contributed by atoms with Gasteiger partial charge in [-0.15, -0.1) is 0 Å². The number of hydrogen-bond acceptors (Lipinski definition) is 8. The normalized spacial score (nSPS) is 18.4. The van der Waals surface area contributed by atoms with E-state index in [0.29, 0.717) is 35.7 Å². The van der Waals surface area contributed by atoms with Crippen LogP contribution in [0.2, 0.25) is 0 Å². The van der Waals surface area contributed by atoms with E-state index in [-0.39, 0.29) is 18.9 Å². The highest BCUT2D eigenvalue weighted by atomic mass is 16.5. The number of nitrogens with zero attached hydrogens (tertiary/aromatic N) is 1. The van der Waals surface area contributed by atoms with E-state index >= 15 is 0 Å². The summed E-state index contributed by atoms with van der Waals surface area (Å²) in [5.74, 6) is 1.04. The van der Waals surface area contributed by atoms with Crippen LogP contribution in [0.25, 0.3) is 0 Å². The Hall–Kier alpha value is -3.92. The second-order valence-electron chi connectivity index (χ2n) is 9.26. The Kier molecular flexibility index (Phi) is 9.54. The number of aliphatic hydroxyl groups excluding tert-OH is 3. The van der Waals surface area contributed by atoms with E-state index in [9.17, 15) is 15.0 Å². The predicted octanol–water partition coefficient (Wildman–Crippen LogP) is 2.43. The molecule has 1 amide bonds. The smallest absolute Gasteiger partial charge is 0.253 e. The van der Waals surface area contributed by atoms with E-state index in [2.05, 4.69) is 5.32 Å². The van der Waals surface area contributed by atoms with E-state index in [1.165, 1.54) is 0 Å². The molecule has 3 aromatic carbocycles. The van der Waals surface area contributed by atoms with Crippen LogP contribution in [0.5, 0.6) is 11.5 Å². The van der Waals surface area contributed by atoms with Gasteiger partial charge in [0.05, 0.1) is 33.0 Å². The molecule has 4 rings (SSSR count). The number of methoxy groups -OCH3 is 1. The highest BCUT2D eigenvalue weighted by Crippen LogP contribution is 2.43. The minimum Gasteiger partial charge on any atom is -0.497 e. The lowest BCUT2D eigenvalue weighted by Gasteiger charge is -2.32. The molecule has 9 heteroatoms. The molecule has 0 aromatic heterocycles. The molecule has 1 aliphatic rings. The molecule has 1 aliphatic heterocycles. The van der Waals surface area contributed by atoms with Crippen molar-refractivity contribution in [2.45, 2.75) is 30.5 Å². The number of carbonyl (C=O) groups excluding carboxylic acids is 1. The zero-order valence-corrected chi connectivity index (χ0v) is 21.8. The van der Waals surface area contributed by atoms with E-state index in [0.717, 1.165) is 5.56 Å². The van der Waals surface area contributed by atoms with E-state index in [1.54, 1.807) is 31.4 Å². The molecule has 0 saturated heterocycles. The molecule has 0 bridgehead atoms. The largest absolute Gasteiger partial charge is 0.497 e. The maximum atomic E-state index is 14.0. The van der Waals surface area contributed by atoms with Crippen LogP contribution in [0, 0.1) is 0 Å². The Bertz CT molecular complexity index is 1250. The van der Waals surface area contributed by atoms with Crippen LogP contribution < -0.4 is 14.8 Å². The average Bonchev–Trinajstić information content (AvgIpc) is 3.37. The number of aliphatic hydroxyl groups is 3. The molecule has 0 spiro atoms. The van der Waals surface area contributed by atoms with Gasteiger partial charge in [-0.05, 0) is 47.5 Å². The summed E-state index contributed by atoms with van der Waals surface area (Å²) in [5.41, 5.74) is 0.752. The highest BCUT2D eigenvalue weighted by molar-refractivity contribution is 6.01. The summed E-state index contributed by atoms with van der Waals surface area (Å²) in [6, 6.07) is 23.1. The molecule has 0 aliphatic carbocycles. The van der Waals surface area contributed by atoms with Crippen LogP contribution in [0.4, 0.5) is 0 Å². The zero-order chi connectivity index (χ0) is 27.7. The van der Waals surface area contributed by atoms with Gasteiger partial charge in [0.1, 0.15) is 11.5 Å². The standard InChI is InChI=1S/C30H34N2O7/c1-37-26-10-5-9-23(17-26)27-30(18-21-7-3-2-4-8-21,29(36)31-24(19-34)20-35)32-28(39-27)22-11-13-25(14-12-22)38-16-6-15-33/h2-5,7-14,17,24,27,33-35H,6,15-16,18-20H2,1H3,(H,31,36)/t27-,30-/m1/s1. The first-order valence-corrected chi connectivity index (χ1v) is 12.8. The number of rotatable bonds is 13. The molecule has 1 heterocycles. The lowest BCUT2D eigenvalue weighted by molar-refractivity contribution is -0.130. The molecule has 0 saturated carbocycles. The van der Waals surface area contributed by atoms with Gasteiger partial charge < -0.3 is 34.8 Å². The first kappa shape index (κ1) is 28.1. The van der Waals surface area contributed by atoms with E-state index < -0.39 is 36.8 Å². The summed E-state index contributed by atoms with van der Waals surface area (Å²) < 4.78 is 17.5. The van der Waals surface area contributed by atoms with Crippen molar-refractivity contribution in [1.29, 1.82) is 0 Å². The monoisotopic (exact) mass is 534 g/mol. The lowest BCUT2D eigenvalue weighted by Crippen LogP contribution is -2.54. The Labute approximate surface area is 227 Å². The van der Waals surface area contributed by atoms with Crippen molar-refractivity contribution in [1.82, 2.24) is 5.32 Å². The predicted molar refractivity (Wildman–Crippen MR) is 146 cm³/mol. The Morgan fingerprint density at radius 3 is 2.41 bits per heavy atom. The summed E-state index contributed by atoms with van der Waals surface area (Å²) in [4.78, 5) is 19.0. The molecule has 0 radical (unpaired) electrons. The Morgan fingerprint density at radius 1 is 1.00 bits per heavy atom. The SMILES string of the molecule is COc1cccc([C@H]2OC(c3ccc(OCCCO)cc3)=N[C@@]2(Cc2ccccc2)C(=O)NC(CO)CO)c1. The number of carbonyl (C=O) groups is 1. The van der Waals surface area contributed by atoms with Crippen LogP contribution >= 0.6 is 0 Å². The molecule has 3 aromatic rings. The highest BCUT2D eigenvalue weighted by Gasteiger charge is 2.53. The van der Waals surface area contributed by atoms with Gasteiger partial charge in [0, 0.05) is 25.0 Å². The van der Waals surface area contributed by atoms with Gasteiger partial charge in [0.15, 0.2) is 11.6 Å². The van der Waals surface area contributed by atoms with Crippen LogP contribution in [0.15, 0.2) is 83.9 Å². The number of benzene rings is 3. The quantitative estimate of drug-likeness (QED) is 0.248. The van der Waals surface area contributed by atoms with Gasteiger partial charge in [-0.1, -0.05) is 42.5 Å². The minimum absolute atomic E-state index is 0.0490. The molecule has 0 fully saturated rings. The van der Waals surface area contributed by atoms with Crippen molar-refractivity contribution in [3.8, 4) is 11.5 Å². The molecule has 0 unspecified atom stereocenters. The van der Waals surface area contributed by atoms with Gasteiger partial charge >= 0.3 is 0 Å². The molecule has 2 atom stereocenters. The third-order valence-electron chi connectivity index (χ3n) is 6.52. The summed E-state index contributed by atoms with van der Waals surface area (Å²) in [5, 5.41) is 31.1. The third-order valence-corrected chi connectivity index (χ3v) is 6.52. The van der Waals surface area contributed by atoms with Crippen LogP contribution in [0.3, 0.4) is 0 Å². The van der Waals surface area contributed by atoms with Gasteiger partial charge in [0.2, 0.25) is 5.90 Å². The lowest BCUT2D eigenvalue weighted by atomic mass is 9.81. The van der Waals surface area contributed by atoms with Crippen LogP contribution in [-0.2, 0) is 16.0 Å². The Balaban J connectivity index is 1.79. The molecular weight excluding hydrogens is 500 g/mol. The molecule has 39 heavy (non-hydrogen) atoms. The first-order chi connectivity index (χ1) is 19.0. The van der Waals surface area contributed by atoms with Crippen LogP contribution in [-0.4, -0.2) is 72.2 Å². The van der Waals surface area contributed by atoms with E-state index in [1.807, 2.05) is 54.6 Å². The molecule has 9 nitrogen and oxygen atoms in total. The van der Waals surface area contributed by atoms with Crippen LogP contribution in [0.1, 0.15) is 29.2 Å². The molecular formula is C30H34N2O7. The number of nitrogens with one attached hydrogen (secondary N) is 1. The Morgan fingerprint density at radius 2 is 1.74 bits per heavy atom. The van der Waals surface area contributed by atoms with Gasteiger partial charge in [-0.3, -0.25) is 4.79 Å². The van der Waals surface area contributed by atoms with Crippen molar-refractivity contribution in [3.63, 3.8) is 0 Å². The van der Waals surface area contributed by atoms with Gasteiger partial charge in [-0.25, -0.2) is 4.99 Å². The third kappa shape index (κ3) is 6.57. The fourth-order valence-corrected chi connectivity index (χ4v) is 4.45. The van der Waals surface area contributed by atoms with Gasteiger partial charge in [-0.2, -0.15) is 0 Å². The first-order valence-electron chi connectivity index (χ1n) is 12.8. The maximum Gasteiger partial charge on any atom is 0.253 e. The second kappa shape index (κ2) is 13.2. The molecule has 4 N–H and O–H groups in total. The van der Waals surface area contributed by atoms with Crippen molar-refractivity contribution < 1.29 is 34.3 Å². The zero-order valence-electron chi connectivity index (χ0n) is 21.8. The summed E-state index contributed by atoms with van der Waals surface area (Å²) >= 11 is 0. The average molecular weight is 535 g/mol. The second-order valence-corrected chi connectivity index (χ2v) is 9.26. The van der Waals surface area contributed by atoms with Gasteiger partial charge in [0.25, 0.3) is 5.91 Å².